The van der Waals surface area contributed by atoms with Crippen LogP contribution in [0.2, 0.25) is 0 Å². The van der Waals surface area contributed by atoms with Crippen molar-refractivity contribution < 1.29 is 37.4 Å². The van der Waals surface area contributed by atoms with E-state index in [9.17, 15) is 23.7 Å². The van der Waals surface area contributed by atoms with Crippen molar-refractivity contribution in [3.63, 3.8) is 0 Å². The Bertz CT molecular complexity index is 1440. The molecule has 0 aliphatic carbocycles. The molecule has 0 bridgehead atoms. The number of esters is 2. The number of para-hydroxylation sites is 1. The zero-order valence-corrected chi connectivity index (χ0v) is 26.4. The van der Waals surface area contributed by atoms with E-state index >= 15 is 0 Å². The number of carbonyl (C=O) groups is 2. The van der Waals surface area contributed by atoms with Crippen molar-refractivity contribution in [1.29, 1.82) is 0 Å². The van der Waals surface area contributed by atoms with Crippen molar-refractivity contribution in [1.82, 2.24) is 14.6 Å². The van der Waals surface area contributed by atoms with Crippen LogP contribution in [0.4, 0.5) is 0 Å². The van der Waals surface area contributed by atoms with Gasteiger partial charge in [-0.3, -0.25) is 28.5 Å². The van der Waals surface area contributed by atoms with E-state index in [0.717, 1.165) is 10.6 Å². The van der Waals surface area contributed by atoms with Gasteiger partial charge in [0.25, 0.3) is 5.56 Å². The van der Waals surface area contributed by atoms with Crippen LogP contribution in [-0.2, 0) is 32.9 Å². The van der Waals surface area contributed by atoms with Gasteiger partial charge in [-0.25, -0.2) is 9.36 Å². The van der Waals surface area contributed by atoms with Crippen molar-refractivity contribution in [3.8, 4) is 5.75 Å². The number of nitrogens with two attached hydrogens (primary N) is 1. The molecule has 4 N–H and O–H groups in total. The number of rotatable bonds is 13. The van der Waals surface area contributed by atoms with E-state index in [1.165, 1.54) is 33.1 Å². The number of nitrogens with zero attached hydrogens (tertiary/aromatic N) is 1. The summed E-state index contributed by atoms with van der Waals surface area (Å²) < 4.78 is 41.8. The smallest absolute Gasteiger partial charge is 0.459 e. The van der Waals surface area contributed by atoms with Crippen LogP contribution in [0.5, 0.6) is 5.75 Å². The minimum atomic E-state index is -4.35. The molecule has 0 amide bonds. The zero-order chi connectivity index (χ0) is 32.1. The SMILES string of the molecule is B[C@]1(Cl)[C@H](OC(=O)[C@@H](N)C(C)C)[C@@H](CO[P@@](=O)(N[C@@H](C)C(=O)OC(C)C)Oc2ccccc2)O[C@H]1n1ccc(=O)[nH]c1=O. The Morgan fingerprint density at radius 3 is 2.40 bits per heavy atom. The molecular weight excluding hydrogens is 606 g/mol. The maximum atomic E-state index is 14.0. The normalized spacial score (nSPS) is 24.7. The number of hydrogen-bond donors (Lipinski definition) is 3. The van der Waals surface area contributed by atoms with Gasteiger partial charge in [0.1, 0.15) is 37.9 Å². The van der Waals surface area contributed by atoms with Gasteiger partial charge in [-0.1, -0.05) is 32.0 Å². The highest BCUT2D eigenvalue weighted by molar-refractivity contribution is 7.52. The summed E-state index contributed by atoms with van der Waals surface area (Å²) >= 11 is 6.90. The lowest BCUT2D eigenvalue weighted by atomic mass is 9.79. The van der Waals surface area contributed by atoms with E-state index in [4.69, 9.17) is 40.6 Å². The third kappa shape index (κ3) is 8.81. The van der Waals surface area contributed by atoms with Crippen LogP contribution < -0.4 is 26.6 Å². The van der Waals surface area contributed by atoms with E-state index in [0.29, 0.717) is 0 Å². The highest BCUT2D eigenvalue weighted by Crippen LogP contribution is 2.48. The van der Waals surface area contributed by atoms with Gasteiger partial charge in [-0.15, -0.1) is 11.6 Å². The van der Waals surface area contributed by atoms with Gasteiger partial charge in [0.05, 0.1) is 17.5 Å². The van der Waals surface area contributed by atoms with Gasteiger partial charge in [0.2, 0.25) is 0 Å². The lowest BCUT2D eigenvalue weighted by Gasteiger charge is -2.31. The molecule has 0 saturated carbocycles. The fraction of sp³-hybridized carbons (Fsp3) is 0.538. The van der Waals surface area contributed by atoms with Crippen molar-refractivity contribution in [3.05, 3.63) is 63.4 Å². The molecule has 1 saturated heterocycles. The summed E-state index contributed by atoms with van der Waals surface area (Å²) in [4.78, 5) is 51.8. The number of nitrogens with one attached hydrogen (secondary N) is 2. The Morgan fingerprint density at radius 2 is 1.81 bits per heavy atom. The average Bonchev–Trinajstić information content (AvgIpc) is 3.16. The first-order valence-corrected chi connectivity index (χ1v) is 15.6. The summed E-state index contributed by atoms with van der Waals surface area (Å²) in [6, 6.07) is 7.06. The molecule has 17 heteroatoms. The quantitative estimate of drug-likeness (QED) is 0.122. The topological polar surface area (TPSA) is 190 Å². The number of alkyl halides is 1. The standard InChI is InChI=1S/C26H37BClN4O10P/c1-14(2)20(29)23(35)41-21-18(40-24(26(21,27)28)32-12-11-19(33)30-25(32)36)13-38-43(37,42-17-9-7-6-8-10-17)31-16(5)22(34)39-15(3)4/h6-12,14-16,18,20-21,24H,13,27,29H2,1-5H3,(H,31,37)(H,30,33,36)/t16-,18+,20-,21+,24+,26-,43-/m0/s1. The number of halogens is 1. The van der Waals surface area contributed by atoms with Crippen LogP contribution in [0.1, 0.15) is 40.8 Å². The maximum Gasteiger partial charge on any atom is 0.459 e. The Hall–Kier alpha value is -2.94. The van der Waals surface area contributed by atoms with Crippen LogP contribution in [0.3, 0.4) is 0 Å². The molecular formula is C26H37BClN4O10P. The minimum absolute atomic E-state index is 0.167. The highest BCUT2D eigenvalue weighted by Gasteiger charge is 2.57. The molecule has 3 rings (SSSR count). The monoisotopic (exact) mass is 642 g/mol. The second-order valence-electron chi connectivity index (χ2n) is 10.9. The molecule has 0 unspecified atom stereocenters. The molecule has 1 aromatic carbocycles. The number of H-pyrrole nitrogens is 1. The molecule has 1 fully saturated rings. The van der Waals surface area contributed by atoms with Gasteiger partial charge >= 0.3 is 25.4 Å². The molecule has 1 aliphatic heterocycles. The van der Waals surface area contributed by atoms with Crippen molar-refractivity contribution in [2.24, 2.45) is 11.7 Å². The molecule has 1 aromatic heterocycles. The largest absolute Gasteiger partial charge is 0.462 e. The second-order valence-corrected chi connectivity index (χ2v) is 13.4. The van der Waals surface area contributed by atoms with Crippen LogP contribution in [0.15, 0.2) is 52.2 Å². The van der Waals surface area contributed by atoms with Gasteiger partial charge in [0, 0.05) is 12.3 Å². The van der Waals surface area contributed by atoms with Gasteiger partial charge in [-0.2, -0.15) is 5.09 Å². The van der Waals surface area contributed by atoms with Crippen LogP contribution >= 0.6 is 19.3 Å². The molecule has 2 aromatic rings. The number of benzene rings is 1. The van der Waals surface area contributed by atoms with Crippen LogP contribution in [-0.4, -0.2) is 71.1 Å². The highest BCUT2D eigenvalue weighted by atomic mass is 35.5. The fourth-order valence-corrected chi connectivity index (χ4v) is 5.97. The first-order valence-electron chi connectivity index (χ1n) is 13.6. The molecule has 1 aliphatic rings. The zero-order valence-electron chi connectivity index (χ0n) is 24.7. The third-order valence-corrected chi connectivity index (χ3v) is 8.50. The first kappa shape index (κ1) is 34.6. The Kier molecular flexibility index (Phi) is 11.4. The first-order chi connectivity index (χ1) is 20.0. The van der Waals surface area contributed by atoms with E-state index in [2.05, 4.69) is 10.1 Å². The lowest BCUT2D eigenvalue weighted by Crippen LogP contribution is -2.50. The molecule has 2 heterocycles. The number of hydrogen-bond acceptors (Lipinski definition) is 11. The summed E-state index contributed by atoms with van der Waals surface area (Å²) in [6.45, 7) is 7.67. The van der Waals surface area contributed by atoms with Gasteiger partial charge in [0.15, 0.2) is 6.23 Å². The average molecular weight is 643 g/mol. The summed E-state index contributed by atoms with van der Waals surface area (Å²) in [5, 5.41) is 2.56. The third-order valence-electron chi connectivity index (χ3n) is 6.45. The molecule has 236 valence electrons. The van der Waals surface area contributed by atoms with E-state index in [1.54, 1.807) is 45.9 Å². The number of carbonyl (C=O) groups excluding carboxylic acids is 2. The molecule has 0 radical (unpaired) electrons. The fourth-order valence-electron chi connectivity index (χ4n) is 4.12. The predicted octanol–water partition coefficient (Wildman–Crippen LogP) is 1.03. The van der Waals surface area contributed by atoms with E-state index < -0.39 is 78.9 Å². The number of aromatic nitrogens is 2. The van der Waals surface area contributed by atoms with Crippen LogP contribution in [0, 0.1) is 5.92 Å². The summed E-state index contributed by atoms with van der Waals surface area (Å²) in [6.07, 6.45) is -3.03. The second kappa shape index (κ2) is 14.2. The minimum Gasteiger partial charge on any atom is -0.462 e. The lowest BCUT2D eigenvalue weighted by molar-refractivity contribution is -0.156. The number of ether oxygens (including phenoxy) is 3. The van der Waals surface area contributed by atoms with Crippen LogP contribution in [0.25, 0.3) is 0 Å². The Morgan fingerprint density at radius 1 is 1.16 bits per heavy atom. The Labute approximate surface area is 254 Å². The number of aromatic amines is 1. The molecule has 43 heavy (non-hydrogen) atoms. The summed E-state index contributed by atoms with van der Waals surface area (Å²) in [7, 11) is -2.88. The summed E-state index contributed by atoms with van der Waals surface area (Å²) in [5.41, 5.74) is 4.53. The summed E-state index contributed by atoms with van der Waals surface area (Å²) in [5.74, 6) is -1.60. The van der Waals surface area contributed by atoms with Crippen molar-refractivity contribution >= 4 is 39.1 Å². The predicted molar refractivity (Wildman–Crippen MR) is 160 cm³/mol. The van der Waals surface area contributed by atoms with E-state index in [-0.39, 0.29) is 11.7 Å². The van der Waals surface area contributed by atoms with Gasteiger partial charge in [-0.05, 0) is 38.8 Å². The van der Waals surface area contributed by atoms with Crippen molar-refractivity contribution in [2.45, 2.75) is 76.0 Å². The molecule has 0 spiro atoms. The van der Waals surface area contributed by atoms with Crippen molar-refractivity contribution in [2.75, 3.05) is 6.61 Å². The van der Waals surface area contributed by atoms with E-state index in [1.807, 2.05) is 0 Å². The van der Waals surface area contributed by atoms with Gasteiger partial charge < -0.3 is 24.5 Å². The maximum absolute atomic E-state index is 14.0. The Balaban J connectivity index is 1.94. The molecule has 7 atom stereocenters. The molecule has 14 nitrogen and oxygen atoms in total.